The summed E-state index contributed by atoms with van der Waals surface area (Å²) in [4.78, 5) is 9.32. The van der Waals surface area contributed by atoms with Crippen molar-refractivity contribution in [3.05, 3.63) is 58.3 Å². The molecule has 1 aromatic carbocycles. The summed E-state index contributed by atoms with van der Waals surface area (Å²) in [5.74, 6) is 2.64. The number of aromatic nitrogens is 1. The molecule has 1 aliphatic rings. The number of rotatable bonds is 5. The van der Waals surface area contributed by atoms with Gasteiger partial charge in [0.25, 0.3) is 0 Å². The SMILES string of the molecule is Cc1ccc(-c2nc(CN(C)C[C@H]3Cc4ccccc4O3)c(C)o2)s1. The molecule has 1 atom stereocenters. The molecule has 0 N–H and O–H groups in total. The summed E-state index contributed by atoms with van der Waals surface area (Å²) in [6.45, 7) is 5.71. The van der Waals surface area contributed by atoms with E-state index in [1.165, 1.54) is 10.4 Å². The predicted molar refractivity (Wildman–Crippen MR) is 100 cm³/mol. The minimum atomic E-state index is 0.203. The zero-order valence-electron chi connectivity index (χ0n) is 14.8. The second-order valence-electron chi connectivity index (χ2n) is 6.68. The standard InChI is InChI=1S/C20H22N2O2S/c1-13-8-9-19(25-13)20-21-17(14(2)23-20)12-22(3)11-16-10-15-6-4-5-7-18(15)24-16/h4-9,16H,10-12H2,1-3H3/t16-/m1/s1. The summed E-state index contributed by atoms with van der Waals surface area (Å²) in [6.07, 6.45) is 1.17. The van der Waals surface area contributed by atoms with E-state index in [-0.39, 0.29) is 6.10 Å². The number of benzene rings is 1. The Balaban J connectivity index is 1.40. The van der Waals surface area contributed by atoms with Gasteiger partial charge in [0.1, 0.15) is 17.6 Å². The number of ether oxygens (including phenoxy) is 1. The van der Waals surface area contributed by atoms with Gasteiger partial charge in [-0.15, -0.1) is 11.3 Å². The zero-order valence-corrected chi connectivity index (χ0v) is 15.6. The average molecular weight is 354 g/mol. The molecule has 0 bridgehead atoms. The molecule has 0 unspecified atom stereocenters. The van der Waals surface area contributed by atoms with Crippen molar-refractivity contribution in [3.8, 4) is 16.5 Å². The smallest absolute Gasteiger partial charge is 0.236 e. The first-order chi connectivity index (χ1) is 12.1. The van der Waals surface area contributed by atoms with Crippen molar-refractivity contribution in [1.82, 2.24) is 9.88 Å². The Labute approximate surface area is 152 Å². The number of thiophene rings is 1. The number of fused-ring (bicyclic) bond motifs is 1. The first-order valence-electron chi connectivity index (χ1n) is 8.54. The Bertz CT molecular complexity index is 858. The normalized spacial score (nSPS) is 16.2. The van der Waals surface area contributed by atoms with Crippen molar-refractivity contribution in [2.45, 2.75) is 32.9 Å². The highest BCUT2D eigenvalue weighted by Crippen LogP contribution is 2.30. The maximum atomic E-state index is 6.04. The Morgan fingerprint density at radius 1 is 1.20 bits per heavy atom. The number of aryl methyl sites for hydroxylation is 2. The number of hydrogen-bond acceptors (Lipinski definition) is 5. The highest BCUT2D eigenvalue weighted by molar-refractivity contribution is 7.15. The van der Waals surface area contributed by atoms with Gasteiger partial charge in [0.2, 0.25) is 5.89 Å². The van der Waals surface area contributed by atoms with Crippen LogP contribution in [0.3, 0.4) is 0 Å². The van der Waals surface area contributed by atoms with Gasteiger partial charge >= 0.3 is 0 Å². The molecule has 3 heterocycles. The lowest BCUT2D eigenvalue weighted by atomic mass is 10.1. The number of nitrogens with zero attached hydrogens (tertiary/aromatic N) is 2. The average Bonchev–Trinajstić information content (AvgIpc) is 3.26. The van der Waals surface area contributed by atoms with Gasteiger partial charge in [-0.1, -0.05) is 18.2 Å². The molecule has 0 amide bonds. The molecular weight excluding hydrogens is 332 g/mol. The molecule has 2 aromatic heterocycles. The molecule has 0 aliphatic carbocycles. The summed E-state index contributed by atoms with van der Waals surface area (Å²) in [6, 6.07) is 12.5. The van der Waals surface area contributed by atoms with Crippen LogP contribution in [0.4, 0.5) is 0 Å². The maximum Gasteiger partial charge on any atom is 0.236 e. The molecule has 0 radical (unpaired) electrons. The highest BCUT2D eigenvalue weighted by Gasteiger charge is 2.24. The minimum absolute atomic E-state index is 0.203. The highest BCUT2D eigenvalue weighted by atomic mass is 32.1. The molecule has 3 aromatic rings. The zero-order chi connectivity index (χ0) is 17.4. The Morgan fingerprint density at radius 3 is 2.80 bits per heavy atom. The van der Waals surface area contributed by atoms with Crippen molar-refractivity contribution in [1.29, 1.82) is 0 Å². The van der Waals surface area contributed by atoms with E-state index in [9.17, 15) is 0 Å². The lowest BCUT2D eigenvalue weighted by Crippen LogP contribution is -2.31. The molecule has 0 spiro atoms. The summed E-state index contributed by atoms with van der Waals surface area (Å²) < 4.78 is 11.9. The van der Waals surface area contributed by atoms with Gasteiger partial charge in [-0.25, -0.2) is 4.98 Å². The maximum absolute atomic E-state index is 6.04. The van der Waals surface area contributed by atoms with Crippen LogP contribution < -0.4 is 4.74 Å². The van der Waals surface area contributed by atoms with Crippen LogP contribution in [0.25, 0.3) is 10.8 Å². The van der Waals surface area contributed by atoms with Crippen molar-refractivity contribution in [3.63, 3.8) is 0 Å². The Kier molecular flexibility index (Phi) is 4.36. The van der Waals surface area contributed by atoms with Gasteiger partial charge < -0.3 is 9.15 Å². The largest absolute Gasteiger partial charge is 0.488 e. The van der Waals surface area contributed by atoms with Crippen LogP contribution in [0.1, 0.15) is 21.9 Å². The van der Waals surface area contributed by atoms with Gasteiger partial charge in [-0.3, -0.25) is 4.90 Å². The fourth-order valence-corrected chi connectivity index (χ4v) is 4.05. The van der Waals surface area contributed by atoms with Gasteiger partial charge in [0.15, 0.2) is 0 Å². The van der Waals surface area contributed by atoms with Gasteiger partial charge in [0, 0.05) is 24.4 Å². The van der Waals surface area contributed by atoms with E-state index in [1.54, 1.807) is 11.3 Å². The van der Waals surface area contributed by atoms with Crippen LogP contribution in [0, 0.1) is 13.8 Å². The van der Waals surface area contributed by atoms with E-state index in [2.05, 4.69) is 43.1 Å². The summed E-state index contributed by atoms with van der Waals surface area (Å²) in [7, 11) is 2.11. The monoisotopic (exact) mass is 354 g/mol. The molecule has 5 heteroatoms. The van der Waals surface area contributed by atoms with Crippen molar-refractivity contribution >= 4 is 11.3 Å². The van der Waals surface area contributed by atoms with E-state index in [0.717, 1.165) is 47.5 Å². The quantitative estimate of drug-likeness (QED) is 0.678. The number of para-hydroxylation sites is 1. The first-order valence-corrected chi connectivity index (χ1v) is 9.36. The fraction of sp³-hybridized carbons (Fsp3) is 0.350. The molecule has 4 rings (SSSR count). The molecule has 0 fully saturated rings. The number of hydrogen-bond donors (Lipinski definition) is 0. The molecule has 0 saturated carbocycles. The van der Waals surface area contributed by atoms with Gasteiger partial charge in [-0.2, -0.15) is 0 Å². The summed E-state index contributed by atoms with van der Waals surface area (Å²) >= 11 is 1.71. The summed E-state index contributed by atoms with van der Waals surface area (Å²) in [5, 5.41) is 0. The molecular formula is C20H22N2O2S. The third kappa shape index (κ3) is 3.48. The van der Waals surface area contributed by atoms with E-state index >= 15 is 0 Å². The van der Waals surface area contributed by atoms with Crippen molar-refractivity contribution in [2.24, 2.45) is 0 Å². The van der Waals surface area contributed by atoms with E-state index in [1.807, 2.05) is 19.1 Å². The van der Waals surface area contributed by atoms with Crippen LogP contribution in [0.2, 0.25) is 0 Å². The van der Waals surface area contributed by atoms with Crippen LogP contribution in [0.5, 0.6) is 5.75 Å². The van der Waals surface area contributed by atoms with Crippen LogP contribution >= 0.6 is 11.3 Å². The molecule has 130 valence electrons. The Hall–Kier alpha value is -2.11. The lowest BCUT2D eigenvalue weighted by Gasteiger charge is -2.19. The molecule has 1 aliphatic heterocycles. The van der Waals surface area contributed by atoms with Crippen LogP contribution in [-0.2, 0) is 13.0 Å². The number of likely N-dealkylation sites (N-methyl/N-ethyl adjacent to an activating group) is 1. The minimum Gasteiger partial charge on any atom is -0.488 e. The van der Waals surface area contributed by atoms with Gasteiger partial charge in [0.05, 0.1) is 10.6 Å². The third-order valence-electron chi connectivity index (χ3n) is 4.49. The van der Waals surface area contributed by atoms with E-state index in [0.29, 0.717) is 0 Å². The van der Waals surface area contributed by atoms with E-state index < -0.39 is 0 Å². The topological polar surface area (TPSA) is 38.5 Å². The van der Waals surface area contributed by atoms with Crippen molar-refractivity contribution < 1.29 is 9.15 Å². The van der Waals surface area contributed by atoms with E-state index in [4.69, 9.17) is 14.1 Å². The summed E-state index contributed by atoms with van der Waals surface area (Å²) in [5.41, 5.74) is 2.30. The fourth-order valence-electron chi connectivity index (χ4n) is 3.25. The van der Waals surface area contributed by atoms with Gasteiger partial charge in [-0.05, 0) is 44.7 Å². The molecule has 0 saturated heterocycles. The predicted octanol–water partition coefficient (Wildman–Crippen LogP) is 4.46. The molecule has 4 nitrogen and oxygen atoms in total. The van der Waals surface area contributed by atoms with Crippen LogP contribution in [-0.4, -0.2) is 29.6 Å². The third-order valence-corrected chi connectivity index (χ3v) is 5.48. The second kappa shape index (κ2) is 6.65. The lowest BCUT2D eigenvalue weighted by molar-refractivity contribution is 0.164. The first kappa shape index (κ1) is 16.4. The second-order valence-corrected chi connectivity index (χ2v) is 7.97. The Morgan fingerprint density at radius 2 is 2.04 bits per heavy atom. The van der Waals surface area contributed by atoms with Crippen LogP contribution in [0.15, 0.2) is 40.8 Å². The number of oxazole rings is 1. The van der Waals surface area contributed by atoms with Crippen molar-refractivity contribution in [2.75, 3.05) is 13.6 Å². The molecule has 25 heavy (non-hydrogen) atoms.